The number of carboxylic acids is 1. The highest BCUT2D eigenvalue weighted by atomic mass is 32.2. The Balaban J connectivity index is 1.10. The van der Waals surface area contributed by atoms with Crippen molar-refractivity contribution in [1.82, 2.24) is 10.3 Å². The van der Waals surface area contributed by atoms with Crippen LogP contribution < -0.4 is 15.0 Å². The van der Waals surface area contributed by atoms with Crippen LogP contribution in [0, 0.1) is 11.6 Å². The number of aliphatic hydroxyl groups is 1. The Bertz CT molecular complexity index is 1920. The zero-order chi connectivity index (χ0) is 33.8. The molecule has 0 aliphatic carbocycles. The molecule has 1 fully saturated rings. The highest BCUT2D eigenvalue weighted by Gasteiger charge is 2.49. The first-order valence-corrected chi connectivity index (χ1v) is 16.2. The fourth-order valence-electron chi connectivity index (χ4n) is 5.68. The second-order valence-corrected chi connectivity index (χ2v) is 12.5. The molecule has 0 bridgehead atoms. The average molecular weight is 672 g/mol. The number of aromatic nitrogens is 1. The molecule has 0 saturated carbocycles. The van der Waals surface area contributed by atoms with Crippen LogP contribution in [-0.4, -0.2) is 56.6 Å². The van der Waals surface area contributed by atoms with Crippen molar-refractivity contribution in [3.05, 3.63) is 132 Å². The third kappa shape index (κ3) is 7.19. The summed E-state index contributed by atoms with van der Waals surface area (Å²) >= 11 is 1.27. The van der Waals surface area contributed by atoms with Gasteiger partial charge in [0.2, 0.25) is 5.91 Å². The van der Waals surface area contributed by atoms with Crippen LogP contribution in [-0.2, 0) is 20.8 Å². The number of nitrogens with one attached hydrogen (secondary N) is 2. The number of hydrogen-bond donors (Lipinski definition) is 4. The van der Waals surface area contributed by atoms with E-state index in [1.807, 2.05) is 24.3 Å². The van der Waals surface area contributed by atoms with Crippen LogP contribution in [0.2, 0.25) is 0 Å². The Labute approximate surface area is 278 Å². The minimum absolute atomic E-state index is 0.0879. The lowest BCUT2D eigenvalue weighted by Crippen LogP contribution is -2.57. The van der Waals surface area contributed by atoms with Gasteiger partial charge in [-0.2, -0.15) is 0 Å². The van der Waals surface area contributed by atoms with Crippen molar-refractivity contribution in [3.8, 4) is 5.75 Å². The SMILES string of the molecule is O=C(COc1ccc([C@@H]2[C@@H](SCC(O)c3ccc(F)cc3)C(=O)N2c2ccc(F)cc2)cc1)N[C@@H](Cc1c[nH]c2ccccc12)C(=O)O. The van der Waals surface area contributed by atoms with Crippen molar-refractivity contribution in [3.63, 3.8) is 0 Å². The van der Waals surface area contributed by atoms with Crippen molar-refractivity contribution in [2.75, 3.05) is 17.3 Å². The van der Waals surface area contributed by atoms with E-state index in [0.717, 1.165) is 22.0 Å². The molecular weight excluding hydrogens is 640 g/mol. The molecule has 1 aliphatic heterocycles. The van der Waals surface area contributed by atoms with Gasteiger partial charge in [0.15, 0.2) is 6.61 Å². The molecule has 4 N–H and O–H groups in total. The Kier molecular flexibility index (Phi) is 9.74. The monoisotopic (exact) mass is 671 g/mol. The van der Waals surface area contributed by atoms with Gasteiger partial charge in [-0.1, -0.05) is 42.5 Å². The van der Waals surface area contributed by atoms with Crippen LogP contribution >= 0.6 is 11.8 Å². The lowest BCUT2D eigenvalue weighted by Gasteiger charge is -2.47. The zero-order valence-corrected chi connectivity index (χ0v) is 26.2. The predicted octanol–water partition coefficient (Wildman–Crippen LogP) is 5.56. The van der Waals surface area contributed by atoms with Gasteiger partial charge < -0.3 is 30.2 Å². The van der Waals surface area contributed by atoms with Gasteiger partial charge in [0, 0.05) is 35.0 Å². The fraction of sp³-hybridized carbons (Fsp3) is 0.194. The van der Waals surface area contributed by atoms with Gasteiger partial charge in [0.1, 0.15) is 28.7 Å². The molecule has 2 amide bonds. The molecule has 5 aromatic rings. The molecule has 1 aromatic heterocycles. The molecular formula is C36H31F2N3O6S. The summed E-state index contributed by atoms with van der Waals surface area (Å²) in [5.74, 6) is -2.29. The van der Waals surface area contributed by atoms with Gasteiger partial charge in [-0.25, -0.2) is 13.6 Å². The molecule has 4 aromatic carbocycles. The maximum absolute atomic E-state index is 13.7. The number of halogens is 2. The van der Waals surface area contributed by atoms with Crippen LogP contribution in [0.5, 0.6) is 5.75 Å². The number of rotatable bonds is 13. The van der Waals surface area contributed by atoms with Crippen LogP contribution in [0.4, 0.5) is 14.5 Å². The third-order valence-electron chi connectivity index (χ3n) is 8.16. The number of amides is 2. The van der Waals surface area contributed by atoms with Gasteiger partial charge >= 0.3 is 5.97 Å². The summed E-state index contributed by atoms with van der Waals surface area (Å²) in [4.78, 5) is 42.6. The number of thioether (sulfide) groups is 1. The summed E-state index contributed by atoms with van der Waals surface area (Å²) in [5, 5.41) is 23.3. The van der Waals surface area contributed by atoms with E-state index in [-0.39, 0.29) is 18.1 Å². The first-order chi connectivity index (χ1) is 23.2. The van der Waals surface area contributed by atoms with Crippen LogP contribution in [0.25, 0.3) is 10.9 Å². The molecule has 246 valence electrons. The van der Waals surface area contributed by atoms with Crippen molar-refractivity contribution >= 4 is 46.1 Å². The Morgan fingerprint density at radius 1 is 0.938 bits per heavy atom. The fourth-order valence-corrected chi connectivity index (χ4v) is 6.98. The molecule has 1 unspecified atom stereocenters. The molecule has 9 nitrogen and oxygen atoms in total. The highest BCUT2D eigenvalue weighted by Crippen LogP contribution is 2.46. The van der Waals surface area contributed by atoms with Crippen LogP contribution in [0.1, 0.15) is 28.8 Å². The van der Waals surface area contributed by atoms with Crippen LogP contribution in [0.15, 0.2) is 103 Å². The Morgan fingerprint density at radius 2 is 1.60 bits per heavy atom. The number of para-hydroxylation sites is 1. The van der Waals surface area contributed by atoms with E-state index in [1.165, 1.54) is 60.3 Å². The molecule has 1 aliphatic rings. The van der Waals surface area contributed by atoms with E-state index in [4.69, 9.17) is 4.74 Å². The predicted molar refractivity (Wildman–Crippen MR) is 178 cm³/mol. The zero-order valence-electron chi connectivity index (χ0n) is 25.4. The number of carbonyl (C=O) groups is 3. The number of aliphatic hydroxyl groups excluding tert-OH is 1. The van der Waals surface area contributed by atoms with E-state index >= 15 is 0 Å². The first kappa shape index (κ1) is 32.7. The summed E-state index contributed by atoms with van der Waals surface area (Å²) in [6.45, 7) is -0.416. The number of aromatic amines is 1. The first-order valence-electron chi connectivity index (χ1n) is 15.1. The van der Waals surface area contributed by atoms with E-state index in [9.17, 15) is 33.4 Å². The van der Waals surface area contributed by atoms with Gasteiger partial charge in [-0.05, 0) is 71.3 Å². The largest absolute Gasteiger partial charge is 0.484 e. The van der Waals surface area contributed by atoms with Crippen molar-refractivity contribution in [1.29, 1.82) is 0 Å². The van der Waals surface area contributed by atoms with E-state index in [0.29, 0.717) is 17.0 Å². The van der Waals surface area contributed by atoms with Crippen molar-refractivity contribution < 1.29 is 38.1 Å². The number of β-lactam (4-membered cyclic amide) rings is 1. The summed E-state index contributed by atoms with van der Waals surface area (Å²) in [6.07, 6.45) is 0.896. The minimum atomic E-state index is -1.17. The highest BCUT2D eigenvalue weighted by molar-refractivity contribution is 8.00. The van der Waals surface area contributed by atoms with E-state index < -0.39 is 53.6 Å². The van der Waals surface area contributed by atoms with Crippen LogP contribution in [0.3, 0.4) is 0 Å². The number of nitrogens with zero attached hydrogens (tertiary/aromatic N) is 1. The molecule has 12 heteroatoms. The Morgan fingerprint density at radius 3 is 2.29 bits per heavy atom. The van der Waals surface area contributed by atoms with Gasteiger partial charge in [-0.3, -0.25) is 9.59 Å². The topological polar surface area (TPSA) is 132 Å². The maximum atomic E-state index is 13.7. The second kappa shape index (κ2) is 14.3. The maximum Gasteiger partial charge on any atom is 0.326 e. The summed E-state index contributed by atoms with van der Waals surface area (Å²) < 4.78 is 32.6. The third-order valence-corrected chi connectivity index (χ3v) is 9.49. The lowest BCUT2D eigenvalue weighted by atomic mass is 9.92. The molecule has 1 saturated heterocycles. The molecule has 48 heavy (non-hydrogen) atoms. The van der Waals surface area contributed by atoms with Gasteiger partial charge in [0.05, 0.1) is 12.1 Å². The number of carbonyl (C=O) groups excluding carboxylic acids is 2. The number of anilines is 1. The minimum Gasteiger partial charge on any atom is -0.484 e. The number of ether oxygens (including phenoxy) is 1. The standard InChI is InChI=1S/C36H31F2N3O6S/c37-24-9-5-21(6-10-24)31(42)20-48-34-33(41(35(34)44)26-13-11-25(38)12-14-26)22-7-15-27(16-8-22)47-19-32(43)40-30(36(45)46)17-23-18-39-29-4-2-1-3-28(23)29/h1-16,18,30-31,33-34,39,42H,17,19-20H2,(H,40,43)(H,45,46)/t30-,31?,33+,34+/m0/s1. The van der Waals surface area contributed by atoms with Crippen molar-refractivity contribution in [2.24, 2.45) is 0 Å². The average Bonchev–Trinajstić information content (AvgIpc) is 3.50. The molecule has 6 rings (SSSR count). The van der Waals surface area contributed by atoms with E-state index in [2.05, 4.69) is 10.3 Å². The lowest BCUT2D eigenvalue weighted by molar-refractivity contribution is -0.142. The Hall–Kier alpha value is -5.20. The summed E-state index contributed by atoms with van der Waals surface area (Å²) in [5.41, 5.74) is 3.42. The summed E-state index contributed by atoms with van der Waals surface area (Å²) in [6, 6.07) is 23.8. The van der Waals surface area contributed by atoms with E-state index in [1.54, 1.807) is 35.4 Å². The number of carboxylic acid groups (broad SMARTS) is 1. The number of benzene rings is 4. The summed E-state index contributed by atoms with van der Waals surface area (Å²) in [7, 11) is 0. The molecule has 0 radical (unpaired) electrons. The normalized spacial score (nSPS) is 17.1. The van der Waals surface area contributed by atoms with Gasteiger partial charge in [-0.15, -0.1) is 11.8 Å². The molecule has 4 atom stereocenters. The number of fused-ring (bicyclic) bond motifs is 1. The second-order valence-electron chi connectivity index (χ2n) is 11.3. The number of H-pyrrole nitrogens is 1. The smallest absolute Gasteiger partial charge is 0.326 e. The number of aliphatic carboxylic acids is 1. The quantitative estimate of drug-likeness (QED) is 0.121. The van der Waals surface area contributed by atoms with Crippen molar-refractivity contribution in [2.45, 2.75) is 29.9 Å². The number of hydrogen-bond acceptors (Lipinski definition) is 6. The molecule has 0 spiro atoms. The molecule has 2 heterocycles. The van der Waals surface area contributed by atoms with Gasteiger partial charge in [0.25, 0.3) is 5.91 Å².